The molecular weight excluding hydrogens is 228 g/mol. The second-order valence-corrected chi connectivity index (χ2v) is 5.15. The molecule has 0 spiro atoms. The number of rotatable bonds is 4. The second-order valence-electron chi connectivity index (χ2n) is 3.59. The molecule has 0 bridgehead atoms. The summed E-state index contributed by atoms with van der Waals surface area (Å²) in [5, 5.41) is 4.97. The second kappa shape index (κ2) is 4.77. The maximum Gasteiger partial charge on any atom is 0.239 e. The summed E-state index contributed by atoms with van der Waals surface area (Å²) < 4.78 is 22.0. The lowest BCUT2D eigenvalue weighted by Gasteiger charge is -2.24. The van der Waals surface area contributed by atoms with Crippen molar-refractivity contribution in [3.63, 3.8) is 0 Å². The number of likely N-dealkylation sites (N-methyl/N-ethyl adjacent to an activating group) is 1. The molecule has 0 saturated heterocycles. The Morgan fingerprint density at radius 3 is 2.50 bits per heavy atom. The summed E-state index contributed by atoms with van der Waals surface area (Å²) in [4.78, 5) is 5.90. The molecule has 90 valence electrons. The monoisotopic (exact) mass is 244 g/mol. The minimum atomic E-state index is -3.68. The average Bonchev–Trinajstić information content (AvgIpc) is 2.26. The minimum Gasteiger partial charge on any atom is -0.356 e. The van der Waals surface area contributed by atoms with Gasteiger partial charge in [0.1, 0.15) is 10.7 Å². The first kappa shape index (κ1) is 12.9. The fourth-order valence-corrected chi connectivity index (χ4v) is 1.59. The van der Waals surface area contributed by atoms with E-state index in [9.17, 15) is 8.42 Å². The van der Waals surface area contributed by atoms with E-state index in [1.807, 2.05) is 18.9 Å². The van der Waals surface area contributed by atoms with E-state index in [1.165, 1.54) is 12.3 Å². The number of sulfonamides is 1. The topological polar surface area (TPSA) is 102 Å². The summed E-state index contributed by atoms with van der Waals surface area (Å²) in [7, 11) is -1.83. The number of hydrogen-bond acceptors (Lipinski definition) is 5. The highest BCUT2D eigenvalue weighted by Gasteiger charge is 2.12. The van der Waals surface area contributed by atoms with E-state index in [2.05, 4.69) is 4.98 Å². The van der Waals surface area contributed by atoms with Crippen molar-refractivity contribution in [3.05, 3.63) is 18.3 Å². The van der Waals surface area contributed by atoms with Gasteiger partial charge in [-0.25, -0.2) is 18.5 Å². The molecule has 0 saturated carbocycles. The summed E-state index contributed by atoms with van der Waals surface area (Å²) in [5.41, 5.74) is 5.52. The van der Waals surface area contributed by atoms with Gasteiger partial charge in [-0.15, -0.1) is 0 Å². The van der Waals surface area contributed by atoms with Crippen LogP contribution < -0.4 is 15.8 Å². The zero-order chi connectivity index (χ0) is 12.3. The summed E-state index contributed by atoms with van der Waals surface area (Å²) >= 11 is 0. The van der Waals surface area contributed by atoms with E-state index in [0.717, 1.165) is 0 Å². The molecule has 6 nitrogen and oxygen atoms in total. The fraction of sp³-hybridized carbons (Fsp3) is 0.444. The van der Waals surface area contributed by atoms with E-state index in [1.54, 1.807) is 6.07 Å². The number of nitrogens with two attached hydrogens (primary N) is 2. The van der Waals surface area contributed by atoms with Crippen LogP contribution in [0.25, 0.3) is 0 Å². The lowest BCUT2D eigenvalue weighted by molar-refractivity contribution is 0.597. The Morgan fingerprint density at radius 2 is 2.12 bits per heavy atom. The van der Waals surface area contributed by atoms with Gasteiger partial charge in [0.25, 0.3) is 0 Å². The Balaban J connectivity index is 2.96. The Labute approximate surface area is 95.3 Å². The zero-order valence-corrected chi connectivity index (χ0v) is 10.1. The smallest absolute Gasteiger partial charge is 0.239 e. The van der Waals surface area contributed by atoms with Crippen molar-refractivity contribution in [2.24, 2.45) is 10.9 Å². The molecule has 1 heterocycles. The summed E-state index contributed by atoms with van der Waals surface area (Å²) in [6.45, 7) is 2.45. The molecule has 0 aliphatic rings. The van der Waals surface area contributed by atoms with E-state index in [0.29, 0.717) is 12.4 Å². The average molecular weight is 244 g/mol. The Kier molecular flexibility index (Phi) is 3.84. The van der Waals surface area contributed by atoms with Crippen molar-refractivity contribution in [3.8, 4) is 0 Å². The maximum atomic E-state index is 11.0. The van der Waals surface area contributed by atoms with Crippen LogP contribution >= 0.6 is 0 Å². The van der Waals surface area contributed by atoms with Gasteiger partial charge in [0.15, 0.2) is 0 Å². The van der Waals surface area contributed by atoms with Gasteiger partial charge in [0, 0.05) is 25.8 Å². The molecule has 1 unspecified atom stereocenters. The molecule has 0 fully saturated rings. The third kappa shape index (κ3) is 2.91. The van der Waals surface area contributed by atoms with Gasteiger partial charge in [-0.05, 0) is 19.1 Å². The zero-order valence-electron chi connectivity index (χ0n) is 9.29. The van der Waals surface area contributed by atoms with Gasteiger partial charge in [-0.1, -0.05) is 0 Å². The fourth-order valence-electron chi connectivity index (χ4n) is 1.13. The first-order valence-corrected chi connectivity index (χ1v) is 6.32. The van der Waals surface area contributed by atoms with Crippen LogP contribution in [0.1, 0.15) is 6.92 Å². The van der Waals surface area contributed by atoms with Gasteiger partial charge in [0.2, 0.25) is 10.0 Å². The van der Waals surface area contributed by atoms with Crippen molar-refractivity contribution in [1.82, 2.24) is 4.98 Å². The van der Waals surface area contributed by atoms with E-state index in [4.69, 9.17) is 10.9 Å². The number of hydrogen-bond donors (Lipinski definition) is 2. The van der Waals surface area contributed by atoms with Gasteiger partial charge in [0.05, 0.1) is 0 Å². The van der Waals surface area contributed by atoms with Gasteiger partial charge < -0.3 is 10.6 Å². The van der Waals surface area contributed by atoms with Crippen molar-refractivity contribution >= 4 is 15.8 Å². The number of primary sulfonamides is 1. The summed E-state index contributed by atoms with van der Waals surface area (Å²) in [5.74, 6) is 0.658. The lowest BCUT2D eigenvalue weighted by Crippen LogP contribution is -2.35. The normalized spacial score (nSPS) is 13.5. The number of anilines is 1. The molecule has 1 atom stereocenters. The van der Waals surface area contributed by atoms with Crippen molar-refractivity contribution in [2.75, 3.05) is 18.5 Å². The molecule has 0 radical (unpaired) electrons. The van der Waals surface area contributed by atoms with Gasteiger partial charge >= 0.3 is 0 Å². The number of nitrogens with zero attached hydrogens (tertiary/aromatic N) is 2. The highest BCUT2D eigenvalue weighted by Crippen LogP contribution is 2.13. The molecule has 0 aromatic carbocycles. The predicted octanol–water partition coefficient (Wildman–Crippen LogP) is -0.488. The Morgan fingerprint density at radius 1 is 1.50 bits per heavy atom. The van der Waals surface area contributed by atoms with Crippen LogP contribution in [0.4, 0.5) is 5.82 Å². The van der Waals surface area contributed by atoms with E-state index >= 15 is 0 Å². The molecule has 1 rings (SSSR count). The molecule has 7 heteroatoms. The minimum absolute atomic E-state index is 0.00468. The third-order valence-corrected chi connectivity index (χ3v) is 3.31. The van der Waals surface area contributed by atoms with Crippen molar-refractivity contribution < 1.29 is 8.42 Å². The van der Waals surface area contributed by atoms with Gasteiger partial charge in [-0.3, -0.25) is 0 Å². The van der Waals surface area contributed by atoms with Crippen LogP contribution in [0.2, 0.25) is 0 Å². The lowest BCUT2D eigenvalue weighted by atomic mass is 10.3. The highest BCUT2D eigenvalue weighted by molar-refractivity contribution is 7.89. The van der Waals surface area contributed by atoms with Crippen LogP contribution in [0.5, 0.6) is 0 Å². The molecule has 0 amide bonds. The Bertz CT molecular complexity index is 443. The quantitative estimate of drug-likeness (QED) is 0.744. The first-order valence-electron chi connectivity index (χ1n) is 4.78. The van der Waals surface area contributed by atoms with Crippen LogP contribution in [0.3, 0.4) is 0 Å². The maximum absolute atomic E-state index is 11.0. The van der Waals surface area contributed by atoms with E-state index in [-0.39, 0.29) is 10.9 Å². The molecule has 16 heavy (non-hydrogen) atoms. The third-order valence-electron chi connectivity index (χ3n) is 2.41. The molecule has 1 aromatic heterocycles. The van der Waals surface area contributed by atoms with Crippen LogP contribution in [-0.4, -0.2) is 33.0 Å². The van der Waals surface area contributed by atoms with Crippen molar-refractivity contribution in [1.29, 1.82) is 0 Å². The number of aromatic nitrogens is 1. The SMILES string of the molecule is CC(CN)N(C)c1ccc(S(N)(=O)=O)cn1. The van der Waals surface area contributed by atoms with Crippen LogP contribution in [0, 0.1) is 0 Å². The highest BCUT2D eigenvalue weighted by atomic mass is 32.2. The predicted molar refractivity (Wildman–Crippen MR) is 62.5 cm³/mol. The van der Waals surface area contributed by atoms with Gasteiger partial charge in [-0.2, -0.15) is 0 Å². The molecule has 1 aromatic rings. The molecule has 4 N–H and O–H groups in total. The summed E-state index contributed by atoms with van der Waals surface area (Å²) in [6.07, 6.45) is 1.24. The standard InChI is InChI=1S/C9H16N4O2S/c1-7(5-10)13(2)9-4-3-8(6-12-9)16(11,14)15/h3-4,6-7H,5,10H2,1-2H3,(H2,11,14,15). The van der Waals surface area contributed by atoms with Crippen LogP contribution in [0.15, 0.2) is 23.2 Å². The van der Waals surface area contributed by atoms with Crippen LogP contribution in [-0.2, 0) is 10.0 Å². The molecule has 0 aliphatic carbocycles. The molecular formula is C9H16N4O2S. The largest absolute Gasteiger partial charge is 0.356 e. The Hall–Kier alpha value is -1.18. The first-order chi connectivity index (χ1) is 7.36. The number of pyridine rings is 1. The molecule has 0 aliphatic heterocycles. The van der Waals surface area contributed by atoms with E-state index < -0.39 is 10.0 Å². The van der Waals surface area contributed by atoms with Crippen molar-refractivity contribution in [2.45, 2.75) is 17.9 Å². The summed E-state index contributed by atoms with van der Waals surface area (Å²) in [6, 6.07) is 3.16.